The van der Waals surface area contributed by atoms with E-state index in [1.807, 2.05) is 24.1 Å². The van der Waals surface area contributed by atoms with Crippen molar-refractivity contribution in [1.82, 2.24) is 15.0 Å². The van der Waals surface area contributed by atoms with Gasteiger partial charge in [0.25, 0.3) is 5.91 Å². The minimum Gasteiger partial charge on any atom is -0.359 e. The zero-order valence-electron chi connectivity index (χ0n) is 14.3. The van der Waals surface area contributed by atoms with Crippen molar-refractivity contribution in [2.75, 3.05) is 23.8 Å². The van der Waals surface area contributed by atoms with Crippen LogP contribution >= 0.6 is 11.6 Å². The largest absolute Gasteiger partial charge is 0.359 e. The SMILES string of the molecule is CN(CCc1ccncc1)c1cc(C(=O)Nc2ccc(Cl)cc2)ncn1. The van der Waals surface area contributed by atoms with Gasteiger partial charge in [-0.2, -0.15) is 0 Å². The highest BCUT2D eigenvalue weighted by Crippen LogP contribution is 2.15. The van der Waals surface area contributed by atoms with Gasteiger partial charge >= 0.3 is 0 Å². The lowest BCUT2D eigenvalue weighted by Gasteiger charge is -2.18. The number of aromatic nitrogens is 3. The number of amides is 1. The van der Waals surface area contributed by atoms with Crippen molar-refractivity contribution in [3.05, 3.63) is 77.5 Å². The van der Waals surface area contributed by atoms with Crippen LogP contribution < -0.4 is 10.2 Å². The number of halogens is 1. The van der Waals surface area contributed by atoms with Gasteiger partial charge < -0.3 is 10.2 Å². The third-order valence-electron chi connectivity index (χ3n) is 3.86. The van der Waals surface area contributed by atoms with Crippen LogP contribution in [0.15, 0.2) is 61.2 Å². The summed E-state index contributed by atoms with van der Waals surface area (Å²) in [5.74, 6) is 0.397. The zero-order valence-corrected chi connectivity index (χ0v) is 15.0. The Morgan fingerprint density at radius 2 is 1.85 bits per heavy atom. The molecule has 0 saturated carbocycles. The maximum atomic E-state index is 12.4. The molecule has 26 heavy (non-hydrogen) atoms. The molecule has 0 aliphatic heterocycles. The number of nitrogens with one attached hydrogen (secondary N) is 1. The Kier molecular flexibility index (Phi) is 5.76. The summed E-state index contributed by atoms with van der Waals surface area (Å²) < 4.78 is 0. The van der Waals surface area contributed by atoms with Gasteiger partial charge in [-0.3, -0.25) is 9.78 Å². The summed E-state index contributed by atoms with van der Waals surface area (Å²) in [6.07, 6.45) is 5.81. The first-order valence-corrected chi connectivity index (χ1v) is 8.48. The van der Waals surface area contributed by atoms with Crippen LogP contribution in [0.2, 0.25) is 5.02 Å². The molecule has 3 rings (SSSR count). The lowest BCUT2D eigenvalue weighted by Crippen LogP contribution is -2.23. The standard InChI is InChI=1S/C19H18ClN5O/c1-25(11-8-14-6-9-21-10-7-14)18-12-17(22-13-23-18)19(26)24-16-4-2-15(20)3-5-16/h2-7,9-10,12-13H,8,11H2,1H3,(H,24,26). The van der Waals surface area contributed by atoms with Crippen molar-refractivity contribution in [3.63, 3.8) is 0 Å². The molecule has 0 atom stereocenters. The predicted octanol–water partition coefficient (Wildman–Crippen LogP) is 3.46. The van der Waals surface area contributed by atoms with Crippen molar-refractivity contribution in [2.45, 2.75) is 6.42 Å². The Hall–Kier alpha value is -2.99. The van der Waals surface area contributed by atoms with Gasteiger partial charge in [-0.05, 0) is 48.4 Å². The summed E-state index contributed by atoms with van der Waals surface area (Å²) in [5.41, 5.74) is 2.16. The van der Waals surface area contributed by atoms with E-state index in [9.17, 15) is 4.79 Å². The number of carbonyl (C=O) groups is 1. The molecule has 3 aromatic rings. The van der Waals surface area contributed by atoms with Gasteiger partial charge in [0.05, 0.1) is 0 Å². The fraction of sp³-hybridized carbons (Fsp3) is 0.158. The summed E-state index contributed by atoms with van der Waals surface area (Å²) in [5, 5.41) is 3.41. The van der Waals surface area contributed by atoms with Crippen LogP contribution in [0.4, 0.5) is 11.5 Å². The zero-order chi connectivity index (χ0) is 18.4. The molecule has 1 aromatic carbocycles. The molecule has 7 heteroatoms. The van der Waals surface area contributed by atoms with Gasteiger partial charge in [0.2, 0.25) is 0 Å². The Morgan fingerprint density at radius 1 is 1.12 bits per heavy atom. The highest BCUT2D eigenvalue weighted by atomic mass is 35.5. The Bertz CT molecular complexity index is 871. The van der Waals surface area contributed by atoms with Gasteiger partial charge in [0.15, 0.2) is 0 Å². The normalized spacial score (nSPS) is 10.4. The molecular weight excluding hydrogens is 350 g/mol. The lowest BCUT2D eigenvalue weighted by atomic mass is 10.2. The molecule has 0 fully saturated rings. The molecule has 0 radical (unpaired) electrons. The van der Waals surface area contributed by atoms with Gasteiger partial charge in [-0.1, -0.05) is 11.6 Å². The number of hydrogen-bond acceptors (Lipinski definition) is 5. The first-order chi connectivity index (χ1) is 12.6. The molecule has 6 nitrogen and oxygen atoms in total. The number of rotatable bonds is 6. The van der Waals surface area contributed by atoms with Crippen LogP contribution in [0.25, 0.3) is 0 Å². The van der Waals surface area contributed by atoms with E-state index in [2.05, 4.69) is 20.3 Å². The van der Waals surface area contributed by atoms with Crippen molar-refractivity contribution >= 4 is 29.0 Å². The van der Waals surface area contributed by atoms with E-state index in [1.54, 1.807) is 42.7 Å². The van der Waals surface area contributed by atoms with Crippen molar-refractivity contribution in [3.8, 4) is 0 Å². The van der Waals surface area contributed by atoms with Gasteiger partial charge in [0.1, 0.15) is 17.8 Å². The smallest absolute Gasteiger partial charge is 0.274 e. The molecule has 1 amide bonds. The molecule has 1 N–H and O–H groups in total. The molecular formula is C19H18ClN5O. The second-order valence-corrected chi connectivity index (χ2v) is 6.19. The van der Waals surface area contributed by atoms with E-state index in [0.717, 1.165) is 13.0 Å². The van der Waals surface area contributed by atoms with Crippen LogP contribution in [0.3, 0.4) is 0 Å². The first kappa shape index (κ1) is 17.8. The number of likely N-dealkylation sites (N-methyl/N-ethyl adjacent to an activating group) is 1. The molecule has 0 unspecified atom stereocenters. The van der Waals surface area contributed by atoms with Crippen molar-refractivity contribution < 1.29 is 4.79 Å². The van der Waals surface area contributed by atoms with Crippen LogP contribution in [0, 0.1) is 0 Å². The van der Waals surface area contributed by atoms with E-state index in [0.29, 0.717) is 22.2 Å². The number of hydrogen-bond donors (Lipinski definition) is 1. The minimum atomic E-state index is -0.293. The average Bonchev–Trinajstić information content (AvgIpc) is 2.69. The Morgan fingerprint density at radius 3 is 2.58 bits per heavy atom. The van der Waals surface area contributed by atoms with Crippen LogP contribution in [0.1, 0.15) is 16.1 Å². The predicted molar refractivity (Wildman–Crippen MR) is 103 cm³/mol. The van der Waals surface area contributed by atoms with E-state index in [4.69, 9.17) is 11.6 Å². The van der Waals surface area contributed by atoms with Crippen LogP contribution in [0.5, 0.6) is 0 Å². The first-order valence-electron chi connectivity index (χ1n) is 8.11. The summed E-state index contributed by atoms with van der Waals surface area (Å²) in [6.45, 7) is 0.763. The third-order valence-corrected chi connectivity index (χ3v) is 4.12. The molecule has 2 aromatic heterocycles. The number of nitrogens with zero attached hydrogens (tertiary/aromatic N) is 4. The molecule has 2 heterocycles. The topological polar surface area (TPSA) is 71.0 Å². The van der Waals surface area contributed by atoms with Crippen LogP contribution in [-0.2, 0) is 6.42 Å². The maximum Gasteiger partial charge on any atom is 0.274 e. The average molecular weight is 368 g/mol. The fourth-order valence-corrected chi connectivity index (χ4v) is 2.50. The number of pyridine rings is 1. The summed E-state index contributed by atoms with van der Waals surface area (Å²) >= 11 is 5.85. The molecule has 0 aliphatic carbocycles. The van der Waals surface area contributed by atoms with Gasteiger partial charge in [0, 0.05) is 42.8 Å². The molecule has 0 aliphatic rings. The van der Waals surface area contributed by atoms with Crippen molar-refractivity contribution in [2.24, 2.45) is 0 Å². The van der Waals surface area contributed by atoms with Gasteiger partial charge in [-0.25, -0.2) is 9.97 Å². The fourth-order valence-electron chi connectivity index (χ4n) is 2.37. The molecule has 0 saturated heterocycles. The van der Waals surface area contributed by atoms with Crippen molar-refractivity contribution in [1.29, 1.82) is 0 Å². The monoisotopic (exact) mass is 367 g/mol. The highest BCUT2D eigenvalue weighted by molar-refractivity contribution is 6.30. The molecule has 132 valence electrons. The number of anilines is 2. The summed E-state index contributed by atoms with van der Waals surface area (Å²) in [7, 11) is 1.93. The maximum absolute atomic E-state index is 12.4. The number of carbonyl (C=O) groups excluding carboxylic acids is 1. The second-order valence-electron chi connectivity index (χ2n) is 5.75. The second kappa shape index (κ2) is 8.40. The van der Waals surface area contributed by atoms with E-state index in [-0.39, 0.29) is 5.91 Å². The Labute approximate surface area is 156 Å². The van der Waals surface area contributed by atoms with Gasteiger partial charge in [-0.15, -0.1) is 0 Å². The summed E-state index contributed by atoms with van der Waals surface area (Å²) in [6, 6.07) is 12.6. The minimum absolute atomic E-state index is 0.293. The van der Waals surface area contributed by atoms with Crippen LogP contribution in [-0.4, -0.2) is 34.5 Å². The summed E-state index contributed by atoms with van der Waals surface area (Å²) in [4.78, 5) is 26.7. The highest BCUT2D eigenvalue weighted by Gasteiger charge is 2.11. The molecule has 0 bridgehead atoms. The quantitative estimate of drug-likeness (QED) is 0.722. The van der Waals surface area contributed by atoms with E-state index < -0.39 is 0 Å². The van der Waals surface area contributed by atoms with E-state index >= 15 is 0 Å². The lowest BCUT2D eigenvalue weighted by molar-refractivity contribution is 0.102. The number of benzene rings is 1. The molecule has 0 spiro atoms. The van der Waals surface area contributed by atoms with E-state index in [1.165, 1.54) is 11.9 Å². The third kappa shape index (κ3) is 4.77. The Balaban J connectivity index is 1.65.